The summed E-state index contributed by atoms with van der Waals surface area (Å²) in [6, 6.07) is 2.73. The van der Waals surface area contributed by atoms with Crippen molar-refractivity contribution in [3.05, 3.63) is 40.9 Å². The molecule has 52 heavy (non-hydrogen) atoms. The Morgan fingerprint density at radius 3 is 2.63 bits per heavy atom. The number of rotatable bonds is 8. The third-order valence-corrected chi connectivity index (χ3v) is 13.4. The summed E-state index contributed by atoms with van der Waals surface area (Å²) >= 11 is 1.45. The van der Waals surface area contributed by atoms with Gasteiger partial charge in [-0.2, -0.15) is 4.98 Å². The number of sulfonamides is 1. The van der Waals surface area contributed by atoms with Crippen LogP contribution < -0.4 is 19.5 Å². The number of thiazole rings is 1. The van der Waals surface area contributed by atoms with E-state index in [4.69, 9.17) is 24.4 Å². The molecule has 278 valence electrons. The highest BCUT2D eigenvalue weighted by molar-refractivity contribution is 7.91. The van der Waals surface area contributed by atoms with Crippen molar-refractivity contribution in [2.24, 2.45) is 11.8 Å². The number of hydrogen-bond acceptors (Lipinski definition) is 11. The zero-order valence-corrected chi connectivity index (χ0v) is 31.8. The molecule has 5 atom stereocenters. The Balaban J connectivity index is 1.21. The molecule has 7 rings (SSSR count). The molecule has 1 aromatic carbocycles. The van der Waals surface area contributed by atoms with E-state index in [1.54, 1.807) is 12.0 Å². The minimum atomic E-state index is -3.84. The number of nitrogens with one attached hydrogen (secondary N) is 2. The number of aromatic nitrogens is 3. The Labute approximate surface area is 308 Å². The molecule has 2 N–H and O–H groups in total. The largest absolute Gasteiger partial charge is 0.496 e. The van der Waals surface area contributed by atoms with Crippen molar-refractivity contribution >= 4 is 50.0 Å². The lowest BCUT2D eigenvalue weighted by Crippen LogP contribution is -2.57. The normalized spacial score (nSPS) is 27.4. The Morgan fingerprint density at radius 1 is 1.13 bits per heavy atom. The predicted molar refractivity (Wildman–Crippen MR) is 196 cm³/mol. The van der Waals surface area contributed by atoms with Crippen molar-refractivity contribution in [1.29, 1.82) is 0 Å². The highest BCUT2D eigenvalue weighted by Gasteiger charge is 2.62. The van der Waals surface area contributed by atoms with Crippen LogP contribution >= 0.6 is 11.3 Å². The number of benzene rings is 1. The fourth-order valence-electron chi connectivity index (χ4n) is 7.23. The smallest absolute Gasteiger partial charge is 0.259 e. The van der Waals surface area contributed by atoms with E-state index in [9.17, 15) is 22.8 Å². The Hall–Kier alpha value is -4.11. The SMILES string of the molecule is COc1ccc2c(O[C@@H]3C[C@H]4C(=O)N[C@]5(C(=O)NS(=O)(=O)C6CC6)C[C@H]5/C=C\CCCCC(C)C(=O)N4C3)nc(-c3nc(C(C)C)cs3)nc2c1C. The van der Waals surface area contributed by atoms with Crippen LogP contribution in [0.15, 0.2) is 29.7 Å². The molecular weight excluding hydrogens is 705 g/mol. The van der Waals surface area contributed by atoms with Crippen LogP contribution in [0.5, 0.6) is 11.6 Å². The van der Waals surface area contributed by atoms with Gasteiger partial charge in [0.1, 0.15) is 23.4 Å². The summed E-state index contributed by atoms with van der Waals surface area (Å²) in [5.41, 5.74) is 0.959. The average molecular weight is 751 g/mol. The number of carbonyl (C=O) groups is 3. The molecule has 1 unspecified atom stereocenters. The number of hydrogen-bond donors (Lipinski definition) is 2. The molecule has 13 nitrogen and oxygen atoms in total. The first-order valence-electron chi connectivity index (χ1n) is 18.1. The number of methoxy groups -OCH3 is 1. The lowest BCUT2D eigenvalue weighted by atomic mass is 10.0. The van der Waals surface area contributed by atoms with Gasteiger partial charge in [0.2, 0.25) is 27.7 Å². The van der Waals surface area contributed by atoms with Gasteiger partial charge < -0.3 is 19.7 Å². The summed E-state index contributed by atoms with van der Waals surface area (Å²) < 4.78 is 40.0. The topological polar surface area (TPSA) is 170 Å². The van der Waals surface area contributed by atoms with E-state index >= 15 is 0 Å². The molecule has 15 heteroatoms. The van der Waals surface area contributed by atoms with E-state index in [1.165, 1.54) is 11.3 Å². The van der Waals surface area contributed by atoms with E-state index in [-0.39, 0.29) is 43.0 Å². The summed E-state index contributed by atoms with van der Waals surface area (Å²) in [5.74, 6) is -0.529. The number of fused-ring (bicyclic) bond motifs is 3. The zero-order valence-electron chi connectivity index (χ0n) is 30.2. The third kappa shape index (κ3) is 7.01. The van der Waals surface area contributed by atoms with Gasteiger partial charge in [-0.3, -0.25) is 19.1 Å². The number of nitrogens with zero attached hydrogens (tertiary/aromatic N) is 4. The van der Waals surface area contributed by atoms with Crippen LogP contribution in [-0.4, -0.2) is 82.6 Å². The number of aryl methyl sites for hydroxylation is 1. The van der Waals surface area contributed by atoms with E-state index in [2.05, 4.69) is 23.9 Å². The van der Waals surface area contributed by atoms with Crippen molar-refractivity contribution in [1.82, 2.24) is 29.9 Å². The summed E-state index contributed by atoms with van der Waals surface area (Å²) in [5, 5.41) is 5.62. The predicted octanol–water partition coefficient (Wildman–Crippen LogP) is 4.79. The monoisotopic (exact) mass is 750 g/mol. The van der Waals surface area contributed by atoms with Crippen LogP contribution in [0.3, 0.4) is 0 Å². The molecule has 3 fully saturated rings. The molecule has 0 radical (unpaired) electrons. The van der Waals surface area contributed by atoms with Gasteiger partial charge in [0.05, 0.1) is 35.5 Å². The van der Waals surface area contributed by atoms with Gasteiger partial charge in [0.25, 0.3) is 5.91 Å². The van der Waals surface area contributed by atoms with Gasteiger partial charge in [-0.15, -0.1) is 11.3 Å². The molecule has 0 bridgehead atoms. The van der Waals surface area contributed by atoms with Gasteiger partial charge >= 0.3 is 0 Å². The highest BCUT2D eigenvalue weighted by Crippen LogP contribution is 2.46. The quantitative estimate of drug-likeness (QED) is 0.305. The lowest BCUT2D eigenvalue weighted by molar-refractivity contribution is -0.142. The molecule has 4 aliphatic rings. The Morgan fingerprint density at radius 2 is 1.92 bits per heavy atom. The van der Waals surface area contributed by atoms with Gasteiger partial charge in [0.15, 0.2) is 10.8 Å². The maximum atomic E-state index is 14.2. The molecular formula is C37H46N6O7S2. The maximum Gasteiger partial charge on any atom is 0.259 e. The van der Waals surface area contributed by atoms with E-state index in [0.29, 0.717) is 52.6 Å². The van der Waals surface area contributed by atoms with E-state index in [1.807, 2.05) is 43.5 Å². The second-order valence-electron chi connectivity index (χ2n) is 14.9. The molecule has 3 aromatic rings. The van der Waals surface area contributed by atoms with Crippen molar-refractivity contribution in [2.75, 3.05) is 13.7 Å². The van der Waals surface area contributed by atoms with Crippen molar-refractivity contribution < 1.29 is 32.3 Å². The Kier molecular flexibility index (Phi) is 9.78. The number of carbonyl (C=O) groups excluding carboxylic acids is 3. The second-order valence-corrected chi connectivity index (χ2v) is 17.7. The van der Waals surface area contributed by atoms with Gasteiger partial charge in [-0.05, 0) is 63.5 Å². The molecule has 2 aromatic heterocycles. The second kappa shape index (κ2) is 14.0. The van der Waals surface area contributed by atoms with Crippen molar-refractivity contribution in [3.8, 4) is 22.5 Å². The average Bonchev–Trinajstić information content (AvgIpc) is 3.98. The first-order chi connectivity index (χ1) is 24.8. The summed E-state index contributed by atoms with van der Waals surface area (Å²) in [7, 11) is -2.24. The fraction of sp³-hybridized carbons (Fsp3) is 0.568. The fourth-order valence-corrected chi connectivity index (χ4v) is 9.50. The van der Waals surface area contributed by atoms with Crippen LogP contribution in [0.4, 0.5) is 0 Å². The van der Waals surface area contributed by atoms with Crippen LogP contribution in [0, 0.1) is 18.8 Å². The van der Waals surface area contributed by atoms with Crippen molar-refractivity contribution in [3.63, 3.8) is 0 Å². The molecule has 2 aliphatic carbocycles. The van der Waals surface area contributed by atoms with Crippen molar-refractivity contribution in [2.45, 2.75) is 108 Å². The lowest BCUT2D eigenvalue weighted by Gasteiger charge is -2.28. The maximum absolute atomic E-state index is 14.2. The molecule has 4 heterocycles. The van der Waals surface area contributed by atoms with Gasteiger partial charge in [-0.1, -0.05) is 39.3 Å². The molecule has 2 saturated carbocycles. The number of ether oxygens (including phenoxy) is 2. The molecule has 3 amide bonds. The molecule has 0 spiro atoms. The van der Waals surface area contributed by atoms with E-state index < -0.39 is 44.8 Å². The highest BCUT2D eigenvalue weighted by atomic mass is 32.2. The Bertz CT molecular complexity index is 2040. The van der Waals surface area contributed by atoms with E-state index in [0.717, 1.165) is 30.5 Å². The minimum absolute atomic E-state index is 0.130. The van der Waals surface area contributed by atoms with Crippen LogP contribution in [0.25, 0.3) is 21.7 Å². The summed E-state index contributed by atoms with van der Waals surface area (Å²) in [6.07, 6.45) is 7.81. The van der Waals surface area contributed by atoms with Crippen LogP contribution in [0.1, 0.15) is 89.3 Å². The third-order valence-electron chi connectivity index (χ3n) is 10.7. The zero-order chi connectivity index (χ0) is 36.9. The molecule has 1 saturated heterocycles. The van der Waals surface area contributed by atoms with Crippen LogP contribution in [0.2, 0.25) is 0 Å². The standard InChI is InChI=1S/C37H46N6O7S2/c1-20(2)27-19-51-34(38-27)31-39-30-22(4)29(49-5)15-14-26(30)33(40-31)50-24-16-28-32(44)41-37(36(46)42-52(47,48)25-12-13-25)17-23(37)11-9-7-6-8-10-21(3)35(45)43(28)18-24/h9,11,14-15,19-21,23-25,28H,6-8,10,12-13,16-18H2,1-5H3,(H,41,44)(H,42,46)/b11-9-/t21?,23-,24-,28+,37-/m1/s1. The summed E-state index contributed by atoms with van der Waals surface area (Å²) in [6.45, 7) is 8.07. The molecule has 2 aliphatic heterocycles. The number of allylic oxidation sites excluding steroid dienone is 1. The first-order valence-corrected chi connectivity index (χ1v) is 20.6. The summed E-state index contributed by atoms with van der Waals surface area (Å²) in [4.78, 5) is 57.9. The van der Waals surface area contributed by atoms with Gasteiger partial charge in [-0.25, -0.2) is 18.4 Å². The first kappa shape index (κ1) is 36.3. The number of amides is 3. The van der Waals surface area contributed by atoms with Crippen LogP contribution in [-0.2, 0) is 24.4 Å². The minimum Gasteiger partial charge on any atom is -0.496 e. The van der Waals surface area contributed by atoms with Gasteiger partial charge in [0, 0.05) is 29.2 Å².